The predicted molar refractivity (Wildman–Crippen MR) is 80.3 cm³/mol. The maximum Gasteiger partial charge on any atom is 0.407 e. The van der Waals surface area contributed by atoms with Crippen molar-refractivity contribution >= 4 is 12.1 Å². The average molecular weight is 307 g/mol. The van der Waals surface area contributed by atoms with Crippen LogP contribution in [0.5, 0.6) is 0 Å². The fraction of sp³-hybridized carbons (Fsp3) is 0.533. The van der Waals surface area contributed by atoms with Crippen molar-refractivity contribution in [2.24, 2.45) is 0 Å². The van der Waals surface area contributed by atoms with Gasteiger partial charge in [0.2, 0.25) is 0 Å². The first-order valence-electron chi connectivity index (χ1n) is 6.92. The van der Waals surface area contributed by atoms with Gasteiger partial charge in [0.1, 0.15) is 11.6 Å². The second-order valence-corrected chi connectivity index (χ2v) is 5.70. The Balaban J connectivity index is 2.39. The lowest BCUT2D eigenvalue weighted by atomic mass is 10.2. The molecule has 120 valence electrons. The third-order valence-corrected chi connectivity index (χ3v) is 2.51. The number of hydrogen-bond acceptors (Lipinski definition) is 4. The molecule has 7 nitrogen and oxygen atoms in total. The number of nitrogens with one attached hydrogen (secondary N) is 1. The second-order valence-electron chi connectivity index (χ2n) is 5.70. The van der Waals surface area contributed by atoms with Gasteiger partial charge in [-0.1, -0.05) is 11.8 Å². The summed E-state index contributed by atoms with van der Waals surface area (Å²) in [6, 6.07) is -0.732. The molecule has 2 N–H and O–H groups in total. The lowest BCUT2D eigenvalue weighted by Gasteiger charge is -2.19. The van der Waals surface area contributed by atoms with Crippen LogP contribution in [-0.2, 0) is 9.53 Å². The average Bonchev–Trinajstić information content (AvgIpc) is 2.83. The van der Waals surface area contributed by atoms with Crippen molar-refractivity contribution in [1.29, 1.82) is 0 Å². The number of hydrogen-bond donors (Lipinski definition) is 2. The molecule has 0 aliphatic rings. The quantitative estimate of drug-likeness (QED) is 0.653. The fourth-order valence-corrected chi connectivity index (χ4v) is 1.43. The van der Waals surface area contributed by atoms with Crippen LogP contribution in [0, 0.1) is 11.8 Å². The van der Waals surface area contributed by atoms with Gasteiger partial charge in [-0.15, -0.1) is 0 Å². The van der Waals surface area contributed by atoms with E-state index >= 15 is 0 Å². The van der Waals surface area contributed by atoms with E-state index in [0.29, 0.717) is 18.5 Å². The second kappa shape index (κ2) is 7.50. The van der Waals surface area contributed by atoms with Crippen molar-refractivity contribution in [1.82, 2.24) is 15.1 Å². The molecule has 0 unspecified atom stereocenters. The van der Waals surface area contributed by atoms with Crippen LogP contribution >= 0.6 is 0 Å². The molecular weight excluding hydrogens is 286 g/mol. The maximum atomic E-state index is 11.4. The summed E-state index contributed by atoms with van der Waals surface area (Å²) < 4.78 is 6.43. The van der Waals surface area contributed by atoms with Gasteiger partial charge in [-0.3, -0.25) is 4.68 Å². The summed E-state index contributed by atoms with van der Waals surface area (Å²) in [7, 11) is 0. The van der Waals surface area contributed by atoms with E-state index in [4.69, 9.17) is 9.84 Å². The Morgan fingerprint density at radius 2 is 2.18 bits per heavy atom. The van der Waals surface area contributed by atoms with E-state index in [1.165, 1.54) is 17.8 Å². The van der Waals surface area contributed by atoms with E-state index < -0.39 is 23.7 Å². The molecule has 0 saturated carbocycles. The number of alkyl carbamates (subject to hydrolysis) is 1. The first kappa shape index (κ1) is 17.6. The highest BCUT2D eigenvalue weighted by Crippen LogP contribution is 2.06. The van der Waals surface area contributed by atoms with Crippen molar-refractivity contribution in [3.63, 3.8) is 0 Å². The molecule has 1 atom stereocenters. The van der Waals surface area contributed by atoms with Gasteiger partial charge in [-0.2, -0.15) is 5.10 Å². The number of aromatic nitrogens is 2. The standard InChI is InChI=1S/C15H21N3O4/c1-11(13(19)20)18-10-12(9-17-18)7-5-6-8-16-14(21)22-15(2,3)4/h9-11H,6,8H2,1-4H3,(H,16,21)(H,19,20)/t11-/m0/s1. The first-order chi connectivity index (χ1) is 10.2. The van der Waals surface area contributed by atoms with Crippen LogP contribution in [0.25, 0.3) is 0 Å². The molecule has 0 aliphatic carbocycles. The highest BCUT2D eigenvalue weighted by Gasteiger charge is 2.15. The van der Waals surface area contributed by atoms with Crippen LogP contribution in [0.2, 0.25) is 0 Å². The highest BCUT2D eigenvalue weighted by atomic mass is 16.6. The van der Waals surface area contributed by atoms with E-state index in [-0.39, 0.29) is 0 Å². The number of carboxylic acid groups (broad SMARTS) is 1. The molecule has 1 amide bonds. The Bertz CT molecular complexity index is 590. The van der Waals surface area contributed by atoms with E-state index in [1.807, 2.05) is 0 Å². The van der Waals surface area contributed by atoms with Gasteiger partial charge in [0.25, 0.3) is 0 Å². The molecule has 0 fully saturated rings. The minimum atomic E-state index is -0.954. The zero-order valence-electron chi connectivity index (χ0n) is 13.2. The number of nitrogens with zero attached hydrogens (tertiary/aromatic N) is 2. The summed E-state index contributed by atoms with van der Waals surface area (Å²) >= 11 is 0. The van der Waals surface area contributed by atoms with Crippen molar-refractivity contribution in [2.75, 3.05) is 6.54 Å². The Morgan fingerprint density at radius 3 is 2.77 bits per heavy atom. The van der Waals surface area contributed by atoms with Gasteiger partial charge in [0.15, 0.2) is 0 Å². The zero-order valence-corrected chi connectivity index (χ0v) is 13.2. The molecule has 0 spiro atoms. The normalized spacial score (nSPS) is 12.0. The summed E-state index contributed by atoms with van der Waals surface area (Å²) in [6.45, 7) is 7.30. The third kappa shape index (κ3) is 6.31. The molecule has 22 heavy (non-hydrogen) atoms. The fourth-order valence-electron chi connectivity index (χ4n) is 1.43. The molecule has 0 bridgehead atoms. The van der Waals surface area contributed by atoms with Crippen molar-refractivity contribution in [2.45, 2.75) is 45.8 Å². The Morgan fingerprint density at radius 1 is 1.50 bits per heavy atom. The lowest BCUT2D eigenvalue weighted by molar-refractivity contribution is -0.140. The Labute approximate surface area is 129 Å². The molecule has 0 aromatic carbocycles. The van der Waals surface area contributed by atoms with Gasteiger partial charge in [-0.05, 0) is 27.7 Å². The highest BCUT2D eigenvalue weighted by molar-refractivity contribution is 5.71. The third-order valence-electron chi connectivity index (χ3n) is 2.51. The summed E-state index contributed by atoms with van der Waals surface area (Å²) in [5.74, 6) is 4.79. The minimum absolute atomic E-state index is 0.377. The van der Waals surface area contributed by atoms with E-state index in [1.54, 1.807) is 27.0 Å². The zero-order chi connectivity index (χ0) is 16.8. The number of amides is 1. The summed E-state index contributed by atoms with van der Waals surface area (Å²) in [4.78, 5) is 22.2. The van der Waals surface area contributed by atoms with E-state index in [0.717, 1.165) is 0 Å². The monoisotopic (exact) mass is 307 g/mol. The van der Waals surface area contributed by atoms with Gasteiger partial charge in [0.05, 0.1) is 11.8 Å². The lowest BCUT2D eigenvalue weighted by Crippen LogP contribution is -2.32. The number of aliphatic carboxylic acids is 1. The molecule has 0 aliphatic heterocycles. The molecule has 0 radical (unpaired) electrons. The van der Waals surface area contributed by atoms with E-state index in [2.05, 4.69) is 22.3 Å². The number of carboxylic acids is 1. The molecule has 0 saturated heterocycles. The minimum Gasteiger partial charge on any atom is -0.480 e. The van der Waals surface area contributed by atoms with Crippen LogP contribution in [0.1, 0.15) is 45.7 Å². The molecule has 1 aromatic rings. The largest absolute Gasteiger partial charge is 0.480 e. The van der Waals surface area contributed by atoms with E-state index in [9.17, 15) is 9.59 Å². The van der Waals surface area contributed by atoms with Gasteiger partial charge in [-0.25, -0.2) is 9.59 Å². The SMILES string of the molecule is C[C@@H](C(=O)O)n1cc(C#CCCNC(=O)OC(C)(C)C)cn1. The Kier molecular flexibility index (Phi) is 5.99. The van der Waals surface area contributed by atoms with Crippen LogP contribution in [0.15, 0.2) is 12.4 Å². The number of ether oxygens (including phenoxy) is 1. The molecular formula is C15H21N3O4. The maximum absolute atomic E-state index is 11.4. The number of carbonyl (C=O) groups is 2. The molecule has 1 aromatic heterocycles. The summed E-state index contributed by atoms with van der Waals surface area (Å²) in [5, 5.41) is 15.4. The smallest absolute Gasteiger partial charge is 0.407 e. The van der Waals surface area contributed by atoms with Gasteiger partial charge >= 0.3 is 12.1 Å². The molecule has 1 heterocycles. The van der Waals surface area contributed by atoms with Crippen molar-refractivity contribution < 1.29 is 19.4 Å². The number of rotatable bonds is 4. The van der Waals surface area contributed by atoms with Crippen LogP contribution < -0.4 is 5.32 Å². The van der Waals surface area contributed by atoms with Gasteiger partial charge in [0, 0.05) is 19.2 Å². The summed E-state index contributed by atoms with van der Waals surface area (Å²) in [6.07, 6.45) is 3.07. The van der Waals surface area contributed by atoms with Crippen LogP contribution in [0.4, 0.5) is 4.79 Å². The molecule has 7 heteroatoms. The van der Waals surface area contributed by atoms with Gasteiger partial charge < -0.3 is 15.2 Å². The van der Waals surface area contributed by atoms with Crippen molar-refractivity contribution in [3.8, 4) is 11.8 Å². The Hall–Kier alpha value is -2.49. The number of carbonyl (C=O) groups excluding carboxylic acids is 1. The summed E-state index contributed by atoms with van der Waals surface area (Å²) in [5.41, 5.74) is 0.107. The topological polar surface area (TPSA) is 93.5 Å². The van der Waals surface area contributed by atoms with Crippen molar-refractivity contribution in [3.05, 3.63) is 18.0 Å². The molecule has 1 rings (SSSR count). The van der Waals surface area contributed by atoms with Crippen LogP contribution in [0.3, 0.4) is 0 Å². The van der Waals surface area contributed by atoms with Crippen LogP contribution in [-0.4, -0.2) is 39.1 Å². The first-order valence-corrected chi connectivity index (χ1v) is 6.92. The predicted octanol–water partition coefficient (Wildman–Crippen LogP) is 1.79.